The van der Waals surface area contributed by atoms with Gasteiger partial charge in [-0.05, 0) is 99.5 Å². The summed E-state index contributed by atoms with van der Waals surface area (Å²) < 4.78 is 5.85. The summed E-state index contributed by atoms with van der Waals surface area (Å²) in [5, 5.41) is 22.0. The molecule has 0 amide bonds. The van der Waals surface area contributed by atoms with Crippen molar-refractivity contribution in [1.29, 1.82) is 0 Å². The maximum atomic E-state index is 11.7. The second-order valence-corrected chi connectivity index (χ2v) is 10.4. The number of ether oxygens (including phenoxy) is 1. The van der Waals surface area contributed by atoms with Crippen molar-refractivity contribution >= 4 is 0 Å². The smallest absolute Gasteiger partial charge is 0.131 e. The normalized spacial score (nSPS) is 38.1. The number of benzene rings is 1. The van der Waals surface area contributed by atoms with Crippen LogP contribution in [0.15, 0.2) is 47.1 Å². The number of hydrogen-bond acceptors (Lipinski definition) is 3. The molecule has 170 valence electrons. The number of aliphatic hydroxyl groups is 2. The highest BCUT2D eigenvalue weighted by Gasteiger charge is 2.62. The third kappa shape index (κ3) is 3.27. The molecule has 2 saturated carbocycles. The summed E-state index contributed by atoms with van der Waals surface area (Å²) in [7, 11) is 0. The first-order valence-corrected chi connectivity index (χ1v) is 12.4. The third-order valence-electron chi connectivity index (χ3n) is 8.92. The van der Waals surface area contributed by atoms with E-state index in [2.05, 4.69) is 43.0 Å². The summed E-state index contributed by atoms with van der Waals surface area (Å²) in [5.74, 6) is 8.38. The standard InChI is InChI=1S/C29H36O3/c1-4-14-29(31)15-13-26-24-11-9-20-16-21(30)10-12-23(20)27(24)25(18-28(26,29)3)19-7-6-8-22(17-19)32-5-2/h6-8,16-17,21,24-26,30-31H,5,9-13,15,18H2,1-3H3/t21?,24-,25+,26-,28-,29-/m0/s1. The van der Waals surface area contributed by atoms with Gasteiger partial charge in [-0.2, -0.15) is 0 Å². The van der Waals surface area contributed by atoms with Gasteiger partial charge in [-0.3, -0.25) is 0 Å². The lowest BCUT2D eigenvalue weighted by Crippen LogP contribution is -2.51. The van der Waals surface area contributed by atoms with Crippen LogP contribution in [-0.2, 0) is 0 Å². The molecular weight excluding hydrogens is 396 g/mol. The molecule has 0 saturated heterocycles. The van der Waals surface area contributed by atoms with Gasteiger partial charge in [-0.1, -0.05) is 36.6 Å². The molecule has 32 heavy (non-hydrogen) atoms. The molecule has 0 heterocycles. The van der Waals surface area contributed by atoms with Gasteiger partial charge in [0.15, 0.2) is 0 Å². The molecule has 0 aromatic heterocycles. The van der Waals surface area contributed by atoms with Gasteiger partial charge in [0.25, 0.3) is 0 Å². The van der Waals surface area contributed by atoms with Crippen molar-refractivity contribution in [2.75, 3.05) is 6.61 Å². The molecule has 0 spiro atoms. The largest absolute Gasteiger partial charge is 0.494 e. The van der Waals surface area contributed by atoms with Crippen LogP contribution in [0.4, 0.5) is 0 Å². The molecule has 2 fully saturated rings. The van der Waals surface area contributed by atoms with Crippen molar-refractivity contribution in [3.05, 3.63) is 52.6 Å². The van der Waals surface area contributed by atoms with Crippen LogP contribution in [0.1, 0.15) is 77.2 Å². The lowest BCUT2D eigenvalue weighted by atomic mass is 9.51. The Labute approximate surface area is 192 Å². The van der Waals surface area contributed by atoms with Crippen LogP contribution in [0.3, 0.4) is 0 Å². The van der Waals surface area contributed by atoms with Crippen molar-refractivity contribution < 1.29 is 14.9 Å². The molecule has 0 aliphatic heterocycles. The summed E-state index contributed by atoms with van der Waals surface area (Å²) in [6.07, 6.45) is 8.43. The molecule has 4 aliphatic carbocycles. The fourth-order valence-corrected chi connectivity index (χ4v) is 7.48. The minimum absolute atomic E-state index is 0.230. The van der Waals surface area contributed by atoms with Gasteiger partial charge >= 0.3 is 0 Å². The predicted molar refractivity (Wildman–Crippen MR) is 127 cm³/mol. The first-order chi connectivity index (χ1) is 15.4. The van der Waals surface area contributed by atoms with E-state index >= 15 is 0 Å². The van der Waals surface area contributed by atoms with Gasteiger partial charge in [-0.15, -0.1) is 5.92 Å². The Bertz CT molecular complexity index is 1020. The molecule has 5 rings (SSSR count). The number of aliphatic hydroxyl groups excluding tert-OH is 1. The molecule has 0 radical (unpaired) electrons. The van der Waals surface area contributed by atoms with Gasteiger partial charge in [0.2, 0.25) is 0 Å². The second-order valence-electron chi connectivity index (χ2n) is 10.4. The van der Waals surface area contributed by atoms with E-state index in [1.54, 1.807) is 5.57 Å². The number of hydrogen-bond donors (Lipinski definition) is 2. The lowest BCUT2D eigenvalue weighted by Gasteiger charge is -2.54. The van der Waals surface area contributed by atoms with E-state index in [9.17, 15) is 10.2 Å². The molecule has 6 atom stereocenters. The SMILES string of the molecule is CC#C[C@]1(O)CC[C@H]2[C@@H]3CCC4=CC(O)CCC4=C3[C@@H](c3cccc(OCC)c3)C[C@@]21C. The van der Waals surface area contributed by atoms with E-state index in [0.717, 1.165) is 50.7 Å². The van der Waals surface area contributed by atoms with E-state index in [1.807, 2.05) is 19.9 Å². The third-order valence-corrected chi connectivity index (χ3v) is 8.92. The summed E-state index contributed by atoms with van der Waals surface area (Å²) in [6.45, 7) is 6.82. The van der Waals surface area contributed by atoms with Crippen LogP contribution in [0.2, 0.25) is 0 Å². The monoisotopic (exact) mass is 432 g/mol. The Morgan fingerprint density at radius 2 is 2.03 bits per heavy atom. The number of rotatable bonds is 3. The Hall–Kier alpha value is -2.02. The Balaban J connectivity index is 1.67. The number of allylic oxidation sites excluding steroid dienone is 3. The van der Waals surface area contributed by atoms with E-state index in [0.29, 0.717) is 18.4 Å². The van der Waals surface area contributed by atoms with Crippen LogP contribution in [0, 0.1) is 29.1 Å². The molecular formula is C29H36O3. The molecule has 3 nitrogen and oxygen atoms in total. The van der Waals surface area contributed by atoms with Crippen molar-refractivity contribution in [2.45, 2.75) is 83.3 Å². The quantitative estimate of drug-likeness (QED) is 0.618. The summed E-state index contributed by atoms with van der Waals surface area (Å²) in [5.41, 5.74) is 4.58. The Morgan fingerprint density at radius 3 is 2.81 bits per heavy atom. The van der Waals surface area contributed by atoms with Crippen molar-refractivity contribution in [2.24, 2.45) is 17.3 Å². The van der Waals surface area contributed by atoms with Crippen molar-refractivity contribution in [3.63, 3.8) is 0 Å². The average Bonchev–Trinajstić information content (AvgIpc) is 3.04. The molecule has 0 bridgehead atoms. The van der Waals surface area contributed by atoms with Gasteiger partial charge < -0.3 is 14.9 Å². The summed E-state index contributed by atoms with van der Waals surface area (Å²) in [4.78, 5) is 0. The zero-order chi connectivity index (χ0) is 22.5. The van der Waals surface area contributed by atoms with E-state index in [4.69, 9.17) is 4.74 Å². The molecule has 1 aromatic rings. The van der Waals surface area contributed by atoms with E-state index in [-0.39, 0.29) is 17.4 Å². The van der Waals surface area contributed by atoms with Gasteiger partial charge in [0, 0.05) is 11.3 Å². The topological polar surface area (TPSA) is 49.7 Å². The van der Waals surface area contributed by atoms with Gasteiger partial charge in [-0.25, -0.2) is 0 Å². The molecule has 1 aromatic carbocycles. The zero-order valence-corrected chi connectivity index (χ0v) is 19.7. The van der Waals surface area contributed by atoms with Crippen molar-refractivity contribution in [1.82, 2.24) is 0 Å². The van der Waals surface area contributed by atoms with Crippen LogP contribution in [0.25, 0.3) is 0 Å². The summed E-state index contributed by atoms with van der Waals surface area (Å²) in [6, 6.07) is 8.58. The van der Waals surface area contributed by atoms with E-state index in [1.165, 1.54) is 16.7 Å². The van der Waals surface area contributed by atoms with Crippen molar-refractivity contribution in [3.8, 4) is 17.6 Å². The Kier molecular flexibility index (Phi) is 5.51. The lowest BCUT2D eigenvalue weighted by molar-refractivity contribution is -0.0514. The van der Waals surface area contributed by atoms with Crippen LogP contribution >= 0.6 is 0 Å². The first kappa shape index (κ1) is 21.8. The Morgan fingerprint density at radius 1 is 1.19 bits per heavy atom. The summed E-state index contributed by atoms with van der Waals surface area (Å²) >= 11 is 0. The zero-order valence-electron chi connectivity index (χ0n) is 19.7. The van der Waals surface area contributed by atoms with E-state index < -0.39 is 5.60 Å². The second kappa shape index (κ2) is 8.08. The molecule has 1 unspecified atom stereocenters. The highest BCUT2D eigenvalue weighted by atomic mass is 16.5. The predicted octanol–water partition coefficient (Wildman–Crippen LogP) is 5.53. The molecule has 3 heteroatoms. The minimum Gasteiger partial charge on any atom is -0.494 e. The highest BCUT2D eigenvalue weighted by Crippen LogP contribution is 2.66. The van der Waals surface area contributed by atoms with Crippen LogP contribution in [0.5, 0.6) is 5.75 Å². The fraction of sp³-hybridized carbons (Fsp3) is 0.586. The highest BCUT2D eigenvalue weighted by molar-refractivity contribution is 5.50. The molecule has 4 aliphatic rings. The maximum Gasteiger partial charge on any atom is 0.131 e. The number of fused-ring (bicyclic) bond motifs is 4. The van der Waals surface area contributed by atoms with Crippen LogP contribution < -0.4 is 4.74 Å². The average molecular weight is 433 g/mol. The van der Waals surface area contributed by atoms with Gasteiger partial charge in [0.1, 0.15) is 11.4 Å². The van der Waals surface area contributed by atoms with Gasteiger partial charge in [0.05, 0.1) is 12.7 Å². The van der Waals surface area contributed by atoms with Crippen LogP contribution in [-0.4, -0.2) is 28.5 Å². The first-order valence-electron chi connectivity index (χ1n) is 12.4. The minimum atomic E-state index is -0.919. The molecule has 2 N–H and O–H groups in total. The maximum absolute atomic E-state index is 11.7. The fourth-order valence-electron chi connectivity index (χ4n) is 7.48.